The van der Waals surface area contributed by atoms with Crippen LogP contribution in [0.15, 0.2) is 23.2 Å². The van der Waals surface area contributed by atoms with Crippen LogP contribution in [0.5, 0.6) is 5.75 Å². The molecule has 2 spiro atoms. The Hall–Kier alpha value is -1.75. The molecule has 1 saturated carbocycles. The first-order valence-corrected chi connectivity index (χ1v) is 10.0. The van der Waals surface area contributed by atoms with Gasteiger partial charge in [-0.3, -0.25) is 0 Å². The van der Waals surface area contributed by atoms with Crippen molar-refractivity contribution in [1.29, 1.82) is 0 Å². The van der Waals surface area contributed by atoms with Gasteiger partial charge >= 0.3 is 0 Å². The van der Waals surface area contributed by atoms with E-state index in [-0.39, 0.29) is 11.5 Å². The number of aliphatic imine (C=N–C) groups is 1. The van der Waals surface area contributed by atoms with E-state index in [4.69, 9.17) is 20.3 Å². The van der Waals surface area contributed by atoms with E-state index in [0.717, 1.165) is 36.5 Å². The molecular formula is C21H31N3O2. The summed E-state index contributed by atoms with van der Waals surface area (Å²) in [5, 5.41) is 1.79. The molecule has 0 aromatic heterocycles. The molecule has 142 valence electrons. The summed E-state index contributed by atoms with van der Waals surface area (Å²) in [5.74, 6) is 2.14. The number of hydrogen-bond acceptors (Lipinski definition) is 5. The van der Waals surface area contributed by atoms with E-state index < -0.39 is 5.72 Å². The fraction of sp³-hybridized carbons (Fsp3) is 0.667. The molecule has 0 radical (unpaired) electrons. The molecule has 0 bridgehead atoms. The smallest absolute Gasteiger partial charge is 0.220 e. The van der Waals surface area contributed by atoms with Gasteiger partial charge in [-0.15, -0.1) is 0 Å². The zero-order chi connectivity index (χ0) is 18.5. The summed E-state index contributed by atoms with van der Waals surface area (Å²) in [5.41, 5.74) is 8.07. The normalized spacial score (nSPS) is 33.2. The van der Waals surface area contributed by atoms with E-state index in [1.165, 1.54) is 18.4 Å². The van der Waals surface area contributed by atoms with Crippen LogP contribution < -0.4 is 10.5 Å². The van der Waals surface area contributed by atoms with Crippen LogP contribution in [-0.2, 0) is 17.0 Å². The fourth-order valence-corrected chi connectivity index (χ4v) is 5.00. The molecule has 5 heteroatoms. The average molecular weight is 357 g/mol. The highest BCUT2D eigenvalue weighted by molar-refractivity contribution is 5.79. The van der Waals surface area contributed by atoms with Crippen molar-refractivity contribution in [2.24, 2.45) is 22.1 Å². The summed E-state index contributed by atoms with van der Waals surface area (Å²) in [6.07, 6.45) is 5.68. The Kier molecular flexibility index (Phi) is 4.18. The van der Waals surface area contributed by atoms with Crippen LogP contribution in [0.2, 0.25) is 0 Å². The zero-order valence-corrected chi connectivity index (χ0v) is 16.4. The molecule has 1 aromatic rings. The van der Waals surface area contributed by atoms with Gasteiger partial charge in [0.1, 0.15) is 5.75 Å². The first-order chi connectivity index (χ1) is 12.4. The van der Waals surface area contributed by atoms with Gasteiger partial charge in [-0.05, 0) is 76.5 Å². The van der Waals surface area contributed by atoms with Gasteiger partial charge in [0.2, 0.25) is 11.7 Å². The third kappa shape index (κ3) is 2.43. The van der Waals surface area contributed by atoms with Crippen LogP contribution in [0, 0.1) is 11.3 Å². The van der Waals surface area contributed by atoms with Gasteiger partial charge in [0.25, 0.3) is 0 Å². The van der Waals surface area contributed by atoms with Crippen LogP contribution in [0.3, 0.4) is 0 Å². The van der Waals surface area contributed by atoms with Crippen LogP contribution in [0.25, 0.3) is 0 Å². The maximum atomic E-state index is 6.62. The van der Waals surface area contributed by atoms with Crippen molar-refractivity contribution in [3.8, 4) is 5.75 Å². The Morgan fingerprint density at radius 2 is 2.08 bits per heavy atom. The first-order valence-electron chi connectivity index (χ1n) is 10.0. The van der Waals surface area contributed by atoms with Crippen LogP contribution >= 0.6 is 0 Å². The van der Waals surface area contributed by atoms with E-state index in [1.54, 1.807) is 5.06 Å². The molecule has 1 unspecified atom stereocenters. The van der Waals surface area contributed by atoms with Crippen LogP contribution in [0.4, 0.5) is 0 Å². The van der Waals surface area contributed by atoms with Gasteiger partial charge in [0.15, 0.2) is 0 Å². The van der Waals surface area contributed by atoms with E-state index in [1.807, 2.05) is 6.92 Å². The van der Waals surface area contributed by atoms with Gasteiger partial charge in [-0.1, -0.05) is 13.0 Å². The number of ether oxygens (including phenoxy) is 1. The molecule has 0 saturated heterocycles. The van der Waals surface area contributed by atoms with Gasteiger partial charge < -0.3 is 10.5 Å². The molecule has 1 atom stereocenters. The number of benzene rings is 1. The largest absolute Gasteiger partial charge is 0.494 e. The van der Waals surface area contributed by atoms with E-state index in [9.17, 15) is 0 Å². The standard InChI is InChI=1S/C21H31N3O2/c1-5-25-17-7-6-16-13-20(10-8-15(4)9-11-20)21(18(16)12-17)23-19(22)24(26-21)14(2)3/h6-7,12,14-15H,5,8-11,13H2,1-4H3,(H2,22,23). The molecule has 1 heterocycles. The van der Waals surface area contributed by atoms with Crippen LogP contribution in [-0.4, -0.2) is 23.7 Å². The molecule has 1 aliphatic heterocycles. The lowest BCUT2D eigenvalue weighted by Crippen LogP contribution is -2.47. The van der Waals surface area contributed by atoms with Crippen molar-refractivity contribution in [2.75, 3.05) is 6.61 Å². The molecule has 0 amide bonds. The van der Waals surface area contributed by atoms with Gasteiger partial charge in [0, 0.05) is 11.0 Å². The quantitative estimate of drug-likeness (QED) is 0.889. The highest BCUT2D eigenvalue weighted by Gasteiger charge is 2.63. The highest BCUT2D eigenvalue weighted by atomic mass is 16.7. The molecule has 26 heavy (non-hydrogen) atoms. The maximum absolute atomic E-state index is 6.62. The predicted octanol–water partition coefficient (Wildman–Crippen LogP) is 3.96. The van der Waals surface area contributed by atoms with Gasteiger partial charge in [-0.2, -0.15) is 0 Å². The molecular weight excluding hydrogens is 326 g/mol. The number of rotatable bonds is 3. The third-order valence-electron chi connectivity index (χ3n) is 6.43. The van der Waals surface area contributed by atoms with Crippen molar-refractivity contribution in [1.82, 2.24) is 5.06 Å². The highest BCUT2D eigenvalue weighted by Crippen LogP contribution is 2.62. The lowest BCUT2D eigenvalue weighted by atomic mass is 9.65. The van der Waals surface area contributed by atoms with E-state index in [0.29, 0.717) is 12.6 Å². The Labute approximate surface area is 156 Å². The van der Waals surface area contributed by atoms with Crippen molar-refractivity contribution in [2.45, 2.75) is 71.6 Å². The topological polar surface area (TPSA) is 60.1 Å². The molecule has 1 fully saturated rings. The van der Waals surface area contributed by atoms with Crippen molar-refractivity contribution >= 4 is 5.96 Å². The molecule has 2 N–H and O–H groups in total. The minimum atomic E-state index is -0.704. The average Bonchev–Trinajstić information content (AvgIpc) is 3.08. The second kappa shape index (κ2) is 6.15. The molecule has 2 aliphatic carbocycles. The third-order valence-corrected chi connectivity index (χ3v) is 6.43. The van der Waals surface area contributed by atoms with Gasteiger partial charge in [0.05, 0.1) is 12.6 Å². The van der Waals surface area contributed by atoms with Gasteiger partial charge in [-0.25, -0.2) is 14.9 Å². The minimum Gasteiger partial charge on any atom is -0.494 e. The number of fused-ring (bicyclic) bond motifs is 3. The lowest BCUT2D eigenvalue weighted by molar-refractivity contribution is -0.249. The zero-order valence-electron chi connectivity index (χ0n) is 16.4. The second-order valence-electron chi connectivity index (χ2n) is 8.52. The SMILES string of the molecule is CCOc1ccc2c(c1)C1(N=C(N)N(C(C)C)O1)C1(CCC(C)CC1)C2. The maximum Gasteiger partial charge on any atom is 0.220 e. The Balaban J connectivity index is 1.83. The summed E-state index contributed by atoms with van der Waals surface area (Å²) in [7, 11) is 0. The number of nitrogens with two attached hydrogens (primary N) is 1. The van der Waals surface area contributed by atoms with Crippen molar-refractivity contribution in [3.05, 3.63) is 29.3 Å². The monoisotopic (exact) mass is 357 g/mol. The molecule has 4 rings (SSSR count). The molecule has 5 nitrogen and oxygen atoms in total. The van der Waals surface area contributed by atoms with Crippen molar-refractivity contribution in [3.63, 3.8) is 0 Å². The Morgan fingerprint density at radius 1 is 1.35 bits per heavy atom. The Bertz CT molecular complexity index is 722. The minimum absolute atomic E-state index is 0.0130. The van der Waals surface area contributed by atoms with Crippen molar-refractivity contribution < 1.29 is 9.57 Å². The number of nitrogens with zero attached hydrogens (tertiary/aromatic N) is 2. The predicted molar refractivity (Wildman–Crippen MR) is 103 cm³/mol. The number of hydrogen-bond donors (Lipinski definition) is 1. The summed E-state index contributed by atoms with van der Waals surface area (Å²) < 4.78 is 5.78. The second-order valence-corrected chi connectivity index (χ2v) is 8.52. The molecule has 3 aliphatic rings. The fourth-order valence-electron chi connectivity index (χ4n) is 5.00. The number of hydroxylamine groups is 2. The number of guanidine groups is 1. The summed E-state index contributed by atoms with van der Waals surface area (Å²) in [4.78, 5) is 11.6. The lowest BCUT2D eigenvalue weighted by Gasteiger charge is -2.45. The summed E-state index contributed by atoms with van der Waals surface area (Å²) in [6, 6.07) is 6.55. The molecule has 1 aromatic carbocycles. The summed E-state index contributed by atoms with van der Waals surface area (Å²) >= 11 is 0. The first kappa shape index (κ1) is 17.7. The van der Waals surface area contributed by atoms with E-state index >= 15 is 0 Å². The Morgan fingerprint density at radius 3 is 2.69 bits per heavy atom. The van der Waals surface area contributed by atoms with E-state index in [2.05, 4.69) is 39.0 Å². The van der Waals surface area contributed by atoms with Crippen LogP contribution in [0.1, 0.15) is 64.5 Å². The summed E-state index contributed by atoms with van der Waals surface area (Å²) in [6.45, 7) is 9.18.